The van der Waals surface area contributed by atoms with Gasteiger partial charge < -0.3 is 30.2 Å². The van der Waals surface area contributed by atoms with E-state index >= 15 is 0 Å². The number of benzene rings is 1. The summed E-state index contributed by atoms with van der Waals surface area (Å²) in [7, 11) is -3.00. The number of hydrogen-bond donors (Lipinski definition) is 4. The maximum atomic E-state index is 13.3. The van der Waals surface area contributed by atoms with Gasteiger partial charge in [0.2, 0.25) is 0 Å². The van der Waals surface area contributed by atoms with Crippen molar-refractivity contribution in [3.05, 3.63) is 36.9 Å². The Morgan fingerprint density at radius 2 is 1.68 bits per heavy atom. The topological polar surface area (TPSA) is 178 Å². The number of para-hydroxylation sites is 1. The van der Waals surface area contributed by atoms with Crippen LogP contribution in [0.5, 0.6) is 0 Å². The van der Waals surface area contributed by atoms with Crippen molar-refractivity contribution in [2.75, 3.05) is 19.0 Å². The van der Waals surface area contributed by atoms with Crippen molar-refractivity contribution in [2.45, 2.75) is 120 Å². The highest BCUT2D eigenvalue weighted by Gasteiger charge is 2.61. The molecule has 0 unspecified atom stereocenters. The lowest BCUT2D eigenvalue weighted by molar-refractivity contribution is -0.143. The fraction of sp³-hybridized carbons (Fsp3) is 0.636. The average molecular weight is 679 g/mol. The lowest BCUT2D eigenvalue weighted by Gasteiger charge is -2.24. The molecular weight excluding hydrogens is 628 g/mol. The van der Waals surface area contributed by atoms with Gasteiger partial charge >= 0.3 is 18.2 Å². The molecular formula is C33H50N4O9S. The molecule has 13 nitrogen and oxygen atoms in total. The Hall–Kier alpha value is -3.81. The Balaban J connectivity index is 1.44. The van der Waals surface area contributed by atoms with Crippen molar-refractivity contribution in [3.63, 3.8) is 0 Å². The van der Waals surface area contributed by atoms with Crippen LogP contribution in [0.3, 0.4) is 0 Å². The quantitative estimate of drug-likeness (QED) is 0.0765. The molecule has 2 fully saturated rings. The van der Waals surface area contributed by atoms with E-state index in [9.17, 15) is 27.6 Å². The first-order valence-electron chi connectivity index (χ1n) is 16.3. The molecule has 0 aromatic heterocycles. The van der Waals surface area contributed by atoms with Gasteiger partial charge in [-0.15, -0.1) is 6.58 Å². The normalized spacial score (nSPS) is 20.0. The Morgan fingerprint density at radius 3 is 2.32 bits per heavy atom. The fourth-order valence-corrected chi connectivity index (χ4v) is 6.81. The Morgan fingerprint density at radius 1 is 1.02 bits per heavy atom. The zero-order chi connectivity index (χ0) is 34.7. The molecule has 3 rings (SSSR count). The Kier molecular flexibility index (Phi) is 13.5. The molecule has 1 aromatic carbocycles. The van der Waals surface area contributed by atoms with Gasteiger partial charge in [-0.25, -0.2) is 27.5 Å². The number of alkyl carbamates (subject to hydrolysis) is 2. The lowest BCUT2D eigenvalue weighted by Crippen LogP contribution is -2.52. The predicted molar refractivity (Wildman–Crippen MR) is 176 cm³/mol. The molecule has 3 amide bonds. The van der Waals surface area contributed by atoms with Crippen LogP contribution < -0.4 is 20.7 Å². The van der Waals surface area contributed by atoms with E-state index in [-0.39, 0.29) is 17.4 Å². The molecule has 0 radical (unpaired) electrons. The summed E-state index contributed by atoms with van der Waals surface area (Å²) in [6.07, 6.45) is 8.37. The van der Waals surface area contributed by atoms with Gasteiger partial charge in [0.1, 0.15) is 28.2 Å². The van der Waals surface area contributed by atoms with Crippen LogP contribution in [-0.4, -0.2) is 69.4 Å². The Bertz CT molecular complexity index is 1370. The number of sulfonamides is 1. The molecule has 4 N–H and O–H groups in total. The molecule has 0 bridgehead atoms. The number of esters is 1. The average Bonchev–Trinajstić information content (AvgIpc) is 3.47. The molecule has 1 aromatic rings. The van der Waals surface area contributed by atoms with Crippen molar-refractivity contribution >= 4 is 39.8 Å². The van der Waals surface area contributed by atoms with Gasteiger partial charge in [-0.3, -0.25) is 4.79 Å². The smallest absolute Gasteiger partial charge is 0.408 e. The van der Waals surface area contributed by atoms with Crippen LogP contribution >= 0.6 is 0 Å². The summed E-state index contributed by atoms with van der Waals surface area (Å²) in [6, 6.07) is 5.51. The second-order valence-electron chi connectivity index (χ2n) is 13.1. The van der Waals surface area contributed by atoms with Gasteiger partial charge in [-0.1, -0.05) is 43.9 Å². The number of nitrogens with one attached hydrogen (secondary N) is 4. The largest absolute Gasteiger partial charge is 0.467 e. The number of ether oxygens (including phenoxy) is 3. The van der Waals surface area contributed by atoms with Crippen LogP contribution in [0.4, 0.5) is 15.3 Å². The predicted octanol–water partition coefficient (Wildman–Crippen LogP) is 4.92. The summed E-state index contributed by atoms with van der Waals surface area (Å²) in [5.74, 6) is -1.81. The number of anilines is 1. The summed E-state index contributed by atoms with van der Waals surface area (Å²) < 4.78 is 44.3. The van der Waals surface area contributed by atoms with Crippen LogP contribution in [0.1, 0.15) is 91.4 Å². The van der Waals surface area contributed by atoms with Crippen LogP contribution in [0.15, 0.2) is 41.8 Å². The fourth-order valence-electron chi connectivity index (χ4n) is 5.59. The molecule has 2 aliphatic rings. The third-order valence-corrected chi connectivity index (χ3v) is 9.56. The summed E-state index contributed by atoms with van der Waals surface area (Å²) >= 11 is 0. The molecule has 2 saturated carbocycles. The highest BCUT2D eigenvalue weighted by molar-refractivity contribution is 7.90. The first kappa shape index (κ1) is 37.6. The number of carbonyl (C=O) groups is 4. The lowest BCUT2D eigenvalue weighted by atomic mass is 10.1. The Labute approximate surface area is 278 Å². The second-order valence-corrected chi connectivity index (χ2v) is 14.7. The van der Waals surface area contributed by atoms with Crippen LogP contribution in [0.2, 0.25) is 0 Å². The van der Waals surface area contributed by atoms with E-state index < -0.39 is 57.2 Å². The van der Waals surface area contributed by atoms with Crippen LogP contribution in [0, 0.1) is 5.92 Å². The van der Waals surface area contributed by atoms with E-state index in [0.29, 0.717) is 25.1 Å². The third-order valence-electron chi connectivity index (χ3n) is 8.17. The highest BCUT2D eigenvalue weighted by atomic mass is 32.2. The standard InChI is InChI=1S/C33H50N4O9S/c1-6-23-22-33(23,36-31(41)46-32(2,3)4)29(39)37-47(42,43)27-20-14-13-18-25(27)34-21-15-9-7-8-10-19-26(28(38)44-5)35-30(40)45-24-16-11-12-17-24/h6,13-14,18,20,23-24,26,34H,1,7-12,15-17,19,21-22H2,2-5H3,(H,35,40)(H,36,41)(H,37,39)/t23-,26+,33-/m1/s1. The minimum absolute atomic E-state index is 0.0932. The molecule has 262 valence electrons. The van der Waals surface area contributed by atoms with E-state index in [1.807, 2.05) is 0 Å². The molecule has 3 atom stereocenters. The van der Waals surface area contributed by atoms with Crippen molar-refractivity contribution in [3.8, 4) is 0 Å². The van der Waals surface area contributed by atoms with E-state index in [4.69, 9.17) is 14.2 Å². The molecule has 47 heavy (non-hydrogen) atoms. The summed E-state index contributed by atoms with van der Waals surface area (Å²) in [5, 5.41) is 8.33. The zero-order valence-electron chi connectivity index (χ0n) is 27.9. The number of methoxy groups -OCH3 is 1. The number of unbranched alkanes of at least 4 members (excludes halogenated alkanes) is 4. The molecule has 0 spiro atoms. The second kappa shape index (κ2) is 16.8. The van der Waals surface area contributed by atoms with Gasteiger partial charge in [-0.2, -0.15) is 0 Å². The van der Waals surface area contributed by atoms with Crippen molar-refractivity contribution in [2.24, 2.45) is 5.92 Å². The molecule has 0 heterocycles. The van der Waals surface area contributed by atoms with Gasteiger partial charge in [0.15, 0.2) is 0 Å². The van der Waals surface area contributed by atoms with Crippen LogP contribution in [0.25, 0.3) is 0 Å². The minimum atomic E-state index is -4.29. The van der Waals surface area contributed by atoms with Gasteiger partial charge in [0.05, 0.1) is 12.8 Å². The van der Waals surface area contributed by atoms with Gasteiger partial charge in [0, 0.05) is 12.5 Å². The van der Waals surface area contributed by atoms with E-state index in [1.54, 1.807) is 39.0 Å². The third kappa shape index (κ3) is 11.4. The molecule has 2 aliphatic carbocycles. The minimum Gasteiger partial charge on any atom is -0.467 e. The van der Waals surface area contributed by atoms with Crippen molar-refractivity contribution in [1.29, 1.82) is 0 Å². The first-order valence-corrected chi connectivity index (χ1v) is 17.8. The van der Waals surface area contributed by atoms with Crippen LogP contribution in [-0.2, 0) is 33.8 Å². The maximum Gasteiger partial charge on any atom is 0.408 e. The zero-order valence-corrected chi connectivity index (χ0v) is 28.7. The summed E-state index contributed by atoms with van der Waals surface area (Å²) in [5.41, 5.74) is -1.92. The maximum absolute atomic E-state index is 13.3. The van der Waals surface area contributed by atoms with E-state index in [0.717, 1.165) is 51.4 Å². The number of rotatable bonds is 17. The van der Waals surface area contributed by atoms with Crippen molar-refractivity contribution in [1.82, 2.24) is 15.4 Å². The number of carbonyl (C=O) groups excluding carboxylic acids is 4. The van der Waals surface area contributed by atoms with Crippen molar-refractivity contribution < 1.29 is 41.8 Å². The monoisotopic (exact) mass is 678 g/mol. The number of amides is 3. The first-order chi connectivity index (χ1) is 22.2. The molecule has 14 heteroatoms. The summed E-state index contributed by atoms with van der Waals surface area (Å²) in [6.45, 7) is 9.24. The summed E-state index contributed by atoms with van der Waals surface area (Å²) in [4.78, 5) is 49.9. The van der Waals surface area contributed by atoms with Gasteiger partial charge in [-0.05, 0) is 77.8 Å². The van der Waals surface area contributed by atoms with Gasteiger partial charge in [0.25, 0.3) is 15.9 Å². The van der Waals surface area contributed by atoms with E-state index in [1.165, 1.54) is 19.3 Å². The number of hydrogen-bond acceptors (Lipinski definition) is 10. The highest BCUT2D eigenvalue weighted by Crippen LogP contribution is 2.45. The van der Waals surface area contributed by atoms with E-state index in [2.05, 4.69) is 27.3 Å². The SMILES string of the molecule is C=C[C@@H]1C[C@]1(NC(=O)OC(C)(C)C)C(=O)NS(=O)(=O)c1ccccc1NCCCCCCC[C@H](NC(=O)OC1CCCC1)C(=O)OC. The molecule has 0 saturated heterocycles. The molecule has 0 aliphatic heterocycles.